The Morgan fingerprint density at radius 2 is 1.90 bits per heavy atom. The summed E-state index contributed by atoms with van der Waals surface area (Å²) in [6, 6.07) is 0. The Balaban J connectivity index is 4.63. The molecule has 0 aliphatic rings. The lowest BCUT2D eigenvalue weighted by molar-refractivity contribution is 1.22. The van der Waals surface area contributed by atoms with Crippen LogP contribution in [0.25, 0.3) is 0 Å². The van der Waals surface area contributed by atoms with E-state index in [1.807, 2.05) is 6.92 Å². The van der Waals surface area contributed by atoms with Crippen LogP contribution >= 0.6 is 0 Å². The molecular formula is C7H13N3. The van der Waals surface area contributed by atoms with Crippen LogP contribution in [0.2, 0.25) is 0 Å². The van der Waals surface area contributed by atoms with E-state index in [-0.39, 0.29) is 0 Å². The summed E-state index contributed by atoms with van der Waals surface area (Å²) in [4.78, 5) is 7.58. The number of rotatable bonds is 2. The standard InChI is InChI=1S/C7H13N3/c1-5(9-3)7(8)6(2)10-4/h3,8H2,1-2,4H3/b7-5+,10-6-. The van der Waals surface area contributed by atoms with Gasteiger partial charge < -0.3 is 5.73 Å². The molecule has 0 fully saturated rings. The number of nitrogens with zero attached hydrogens (tertiary/aromatic N) is 2. The molecule has 0 aromatic heterocycles. The third-order valence-electron chi connectivity index (χ3n) is 1.35. The average Bonchev–Trinajstić information content (AvgIpc) is 2.00. The first-order chi connectivity index (χ1) is 4.63. The fourth-order valence-electron chi connectivity index (χ4n) is 0.467. The van der Waals surface area contributed by atoms with Gasteiger partial charge in [-0.2, -0.15) is 0 Å². The first-order valence-electron chi connectivity index (χ1n) is 3.00. The van der Waals surface area contributed by atoms with Gasteiger partial charge in [0.2, 0.25) is 0 Å². The summed E-state index contributed by atoms with van der Waals surface area (Å²) in [5.41, 5.74) is 7.73. The van der Waals surface area contributed by atoms with Gasteiger partial charge in [-0.3, -0.25) is 9.98 Å². The predicted molar refractivity (Wildman–Crippen MR) is 45.5 cm³/mol. The van der Waals surface area contributed by atoms with Crippen LogP contribution in [0, 0.1) is 0 Å². The van der Waals surface area contributed by atoms with Crippen molar-refractivity contribution >= 4 is 12.4 Å². The van der Waals surface area contributed by atoms with Crippen molar-refractivity contribution in [2.45, 2.75) is 13.8 Å². The van der Waals surface area contributed by atoms with Crippen molar-refractivity contribution in [3.05, 3.63) is 11.4 Å². The minimum atomic E-state index is 0.609. The van der Waals surface area contributed by atoms with Gasteiger partial charge in [0.1, 0.15) is 0 Å². The molecule has 3 heteroatoms. The normalized spacial score (nSPS) is 14.5. The Bertz CT molecular complexity index is 189. The van der Waals surface area contributed by atoms with Crippen LogP contribution in [0.1, 0.15) is 13.8 Å². The van der Waals surface area contributed by atoms with Crippen molar-refractivity contribution in [2.24, 2.45) is 15.7 Å². The summed E-state index contributed by atoms with van der Waals surface area (Å²) < 4.78 is 0. The van der Waals surface area contributed by atoms with E-state index in [9.17, 15) is 0 Å². The monoisotopic (exact) mass is 139 g/mol. The summed E-state index contributed by atoms with van der Waals surface area (Å²) in [6.45, 7) is 7.00. The van der Waals surface area contributed by atoms with Crippen molar-refractivity contribution in [3.63, 3.8) is 0 Å². The first kappa shape index (κ1) is 8.88. The van der Waals surface area contributed by atoms with Gasteiger partial charge in [-0.15, -0.1) is 0 Å². The zero-order valence-electron chi connectivity index (χ0n) is 6.68. The van der Waals surface area contributed by atoms with Crippen LogP contribution in [0.3, 0.4) is 0 Å². The minimum absolute atomic E-state index is 0.609. The lowest BCUT2D eigenvalue weighted by atomic mass is 10.2. The first-order valence-corrected chi connectivity index (χ1v) is 3.00. The Hall–Kier alpha value is -1.12. The highest BCUT2D eigenvalue weighted by atomic mass is 14.8. The van der Waals surface area contributed by atoms with Gasteiger partial charge in [-0.25, -0.2) is 0 Å². The molecule has 2 N–H and O–H groups in total. The molecule has 56 valence electrons. The topological polar surface area (TPSA) is 50.7 Å². The second-order valence-electron chi connectivity index (χ2n) is 1.97. The zero-order chi connectivity index (χ0) is 8.15. The SMILES string of the molecule is C=N/C(C)=C(N)\C(C)=N/C. The highest BCUT2D eigenvalue weighted by Gasteiger charge is 1.97. The van der Waals surface area contributed by atoms with Crippen molar-refractivity contribution in [2.75, 3.05) is 7.05 Å². The zero-order valence-corrected chi connectivity index (χ0v) is 6.68. The summed E-state index contributed by atoms with van der Waals surface area (Å²) in [7, 11) is 1.69. The molecule has 0 unspecified atom stereocenters. The maximum absolute atomic E-state index is 5.60. The van der Waals surface area contributed by atoms with E-state index >= 15 is 0 Å². The molecule has 0 atom stereocenters. The van der Waals surface area contributed by atoms with Crippen molar-refractivity contribution in [1.29, 1.82) is 0 Å². The fourth-order valence-corrected chi connectivity index (χ4v) is 0.467. The molecule has 3 nitrogen and oxygen atoms in total. The van der Waals surface area contributed by atoms with Crippen molar-refractivity contribution < 1.29 is 0 Å². The van der Waals surface area contributed by atoms with Crippen LogP contribution in [-0.2, 0) is 0 Å². The van der Waals surface area contributed by atoms with E-state index in [0.29, 0.717) is 5.70 Å². The van der Waals surface area contributed by atoms with Gasteiger partial charge in [-0.1, -0.05) is 0 Å². The maximum atomic E-state index is 5.60. The molecule has 0 aliphatic carbocycles. The summed E-state index contributed by atoms with van der Waals surface area (Å²) in [6.07, 6.45) is 0. The van der Waals surface area contributed by atoms with Crippen LogP contribution in [-0.4, -0.2) is 19.5 Å². The quantitative estimate of drug-likeness (QED) is 0.569. The summed E-state index contributed by atoms with van der Waals surface area (Å²) >= 11 is 0. The molecule has 0 heterocycles. The van der Waals surface area contributed by atoms with Gasteiger partial charge in [-0.05, 0) is 20.6 Å². The van der Waals surface area contributed by atoms with E-state index in [2.05, 4.69) is 16.7 Å². The number of hydrogen-bond donors (Lipinski definition) is 1. The summed E-state index contributed by atoms with van der Waals surface area (Å²) in [5, 5.41) is 0. The second-order valence-corrected chi connectivity index (χ2v) is 1.97. The molecular weight excluding hydrogens is 126 g/mol. The fraction of sp³-hybridized carbons (Fsp3) is 0.429. The molecule has 0 saturated heterocycles. The molecule has 0 aliphatic heterocycles. The Labute approximate surface area is 61.4 Å². The van der Waals surface area contributed by atoms with Crippen LogP contribution in [0.5, 0.6) is 0 Å². The Morgan fingerprint density at radius 3 is 2.20 bits per heavy atom. The third kappa shape index (κ3) is 2.01. The highest BCUT2D eigenvalue weighted by Crippen LogP contribution is 1.99. The van der Waals surface area contributed by atoms with Crippen LogP contribution in [0.4, 0.5) is 0 Å². The molecule has 0 aromatic rings. The molecule has 0 radical (unpaired) electrons. The third-order valence-corrected chi connectivity index (χ3v) is 1.35. The van der Waals surface area contributed by atoms with E-state index in [1.54, 1.807) is 14.0 Å². The maximum Gasteiger partial charge on any atom is 0.0740 e. The molecule has 10 heavy (non-hydrogen) atoms. The van der Waals surface area contributed by atoms with E-state index < -0.39 is 0 Å². The number of aliphatic imine (C=N–C) groups is 2. The van der Waals surface area contributed by atoms with Crippen LogP contribution < -0.4 is 5.73 Å². The van der Waals surface area contributed by atoms with Gasteiger partial charge in [0, 0.05) is 7.05 Å². The van der Waals surface area contributed by atoms with Crippen molar-refractivity contribution in [3.8, 4) is 0 Å². The molecule has 0 rings (SSSR count). The van der Waals surface area contributed by atoms with E-state index in [1.165, 1.54) is 0 Å². The summed E-state index contributed by atoms with van der Waals surface area (Å²) in [5.74, 6) is 0. The number of nitrogens with two attached hydrogens (primary N) is 1. The molecule has 0 aromatic carbocycles. The molecule has 0 amide bonds. The van der Waals surface area contributed by atoms with Gasteiger partial charge in [0.15, 0.2) is 0 Å². The number of allylic oxidation sites excluding steroid dienone is 2. The lowest BCUT2D eigenvalue weighted by Crippen LogP contribution is -2.09. The molecule has 0 saturated carbocycles. The van der Waals surface area contributed by atoms with E-state index in [0.717, 1.165) is 11.4 Å². The van der Waals surface area contributed by atoms with Gasteiger partial charge in [0.05, 0.1) is 17.1 Å². The highest BCUT2D eigenvalue weighted by molar-refractivity contribution is 5.97. The van der Waals surface area contributed by atoms with Gasteiger partial charge in [0.25, 0.3) is 0 Å². The predicted octanol–water partition coefficient (Wildman–Crippen LogP) is 0.968. The number of hydrogen-bond acceptors (Lipinski definition) is 3. The van der Waals surface area contributed by atoms with Crippen LogP contribution in [0.15, 0.2) is 21.4 Å². The largest absolute Gasteiger partial charge is 0.396 e. The lowest BCUT2D eigenvalue weighted by Gasteiger charge is -2.00. The Morgan fingerprint density at radius 1 is 1.40 bits per heavy atom. The van der Waals surface area contributed by atoms with E-state index in [4.69, 9.17) is 5.73 Å². The second kappa shape index (κ2) is 3.82. The van der Waals surface area contributed by atoms with Gasteiger partial charge >= 0.3 is 0 Å². The van der Waals surface area contributed by atoms with Crippen molar-refractivity contribution in [1.82, 2.24) is 0 Å². The molecule has 0 bridgehead atoms. The molecule has 0 spiro atoms. The average molecular weight is 139 g/mol. The Kier molecular flexibility index (Phi) is 3.39. The smallest absolute Gasteiger partial charge is 0.0740 e. The minimum Gasteiger partial charge on any atom is -0.396 e.